The van der Waals surface area contributed by atoms with E-state index in [1.807, 2.05) is 6.07 Å². The van der Waals surface area contributed by atoms with Crippen LogP contribution >= 0.6 is 15.9 Å². The SMILES string of the molecule is NCC1(c2cccc(Cc3cc(Br)ccc3F)c2)CC1. The topological polar surface area (TPSA) is 26.0 Å². The van der Waals surface area contributed by atoms with Crippen molar-refractivity contribution in [3.8, 4) is 0 Å². The van der Waals surface area contributed by atoms with E-state index >= 15 is 0 Å². The molecule has 3 rings (SSSR count). The van der Waals surface area contributed by atoms with Crippen molar-refractivity contribution < 1.29 is 4.39 Å². The summed E-state index contributed by atoms with van der Waals surface area (Å²) < 4.78 is 14.7. The fourth-order valence-electron chi connectivity index (χ4n) is 2.67. The Bertz CT molecular complexity index is 635. The highest BCUT2D eigenvalue weighted by atomic mass is 79.9. The van der Waals surface area contributed by atoms with Crippen LogP contribution in [0.4, 0.5) is 4.39 Å². The molecule has 1 aliphatic rings. The van der Waals surface area contributed by atoms with E-state index in [0.717, 1.165) is 22.9 Å². The van der Waals surface area contributed by atoms with E-state index < -0.39 is 0 Å². The summed E-state index contributed by atoms with van der Waals surface area (Å²) in [6, 6.07) is 13.5. The molecule has 1 nitrogen and oxygen atoms in total. The van der Waals surface area contributed by atoms with E-state index in [4.69, 9.17) is 5.73 Å². The Morgan fingerprint density at radius 1 is 1.15 bits per heavy atom. The molecule has 0 atom stereocenters. The minimum absolute atomic E-state index is 0.154. The summed E-state index contributed by atoms with van der Waals surface area (Å²) in [5.74, 6) is -0.154. The maximum Gasteiger partial charge on any atom is 0.126 e. The Labute approximate surface area is 127 Å². The van der Waals surface area contributed by atoms with Gasteiger partial charge in [0.1, 0.15) is 5.82 Å². The third kappa shape index (κ3) is 2.65. The molecule has 0 radical (unpaired) electrons. The molecular formula is C17H17BrFN. The van der Waals surface area contributed by atoms with Gasteiger partial charge in [-0.3, -0.25) is 0 Å². The first-order valence-electron chi connectivity index (χ1n) is 6.86. The zero-order valence-electron chi connectivity index (χ0n) is 11.2. The summed E-state index contributed by atoms with van der Waals surface area (Å²) in [5, 5.41) is 0. The molecular weight excluding hydrogens is 317 g/mol. The highest BCUT2D eigenvalue weighted by Crippen LogP contribution is 2.47. The Morgan fingerprint density at radius 3 is 2.65 bits per heavy atom. The normalized spacial score (nSPS) is 16.1. The molecule has 1 fully saturated rings. The van der Waals surface area contributed by atoms with Crippen LogP contribution in [0.1, 0.15) is 29.5 Å². The van der Waals surface area contributed by atoms with Crippen molar-refractivity contribution in [2.45, 2.75) is 24.7 Å². The van der Waals surface area contributed by atoms with Gasteiger partial charge in [0.15, 0.2) is 0 Å². The van der Waals surface area contributed by atoms with Crippen molar-refractivity contribution >= 4 is 15.9 Å². The lowest BCUT2D eigenvalue weighted by molar-refractivity contribution is 0.613. The molecule has 0 bridgehead atoms. The van der Waals surface area contributed by atoms with E-state index in [9.17, 15) is 4.39 Å². The summed E-state index contributed by atoms with van der Waals surface area (Å²) in [6.07, 6.45) is 2.94. The molecule has 2 N–H and O–H groups in total. The number of hydrogen-bond acceptors (Lipinski definition) is 1. The first-order valence-corrected chi connectivity index (χ1v) is 7.66. The van der Waals surface area contributed by atoms with Crippen molar-refractivity contribution in [1.29, 1.82) is 0 Å². The quantitative estimate of drug-likeness (QED) is 0.892. The van der Waals surface area contributed by atoms with Gasteiger partial charge in [-0.05, 0) is 47.7 Å². The molecule has 2 aromatic carbocycles. The predicted octanol–water partition coefficient (Wildman–Crippen LogP) is 4.17. The molecule has 0 spiro atoms. The second-order valence-corrected chi connectivity index (χ2v) is 6.51. The average Bonchev–Trinajstić information content (AvgIpc) is 3.24. The molecule has 0 saturated heterocycles. The molecule has 20 heavy (non-hydrogen) atoms. The third-order valence-corrected chi connectivity index (χ3v) is 4.68. The number of halogens is 2. The van der Waals surface area contributed by atoms with Gasteiger partial charge in [-0.25, -0.2) is 4.39 Å². The highest BCUT2D eigenvalue weighted by Gasteiger charge is 2.42. The Morgan fingerprint density at radius 2 is 1.95 bits per heavy atom. The van der Waals surface area contributed by atoms with Gasteiger partial charge in [-0.2, -0.15) is 0 Å². The monoisotopic (exact) mass is 333 g/mol. The van der Waals surface area contributed by atoms with E-state index in [1.165, 1.54) is 11.6 Å². The fraction of sp³-hybridized carbons (Fsp3) is 0.294. The first kappa shape index (κ1) is 13.8. The van der Waals surface area contributed by atoms with Crippen LogP contribution in [0.3, 0.4) is 0 Å². The summed E-state index contributed by atoms with van der Waals surface area (Å²) in [5.41, 5.74) is 9.22. The van der Waals surface area contributed by atoms with E-state index in [0.29, 0.717) is 18.5 Å². The molecule has 0 aromatic heterocycles. The summed E-state index contributed by atoms with van der Waals surface area (Å²) in [7, 11) is 0. The molecule has 0 unspecified atom stereocenters. The van der Waals surface area contributed by atoms with Gasteiger partial charge >= 0.3 is 0 Å². The van der Waals surface area contributed by atoms with Crippen LogP contribution in [-0.4, -0.2) is 6.54 Å². The average molecular weight is 334 g/mol. The number of nitrogens with two attached hydrogens (primary N) is 1. The van der Waals surface area contributed by atoms with Crippen LogP contribution in [-0.2, 0) is 11.8 Å². The third-order valence-electron chi connectivity index (χ3n) is 4.19. The molecule has 0 aliphatic heterocycles. The zero-order chi connectivity index (χ0) is 14.2. The van der Waals surface area contributed by atoms with Crippen LogP contribution < -0.4 is 5.73 Å². The highest BCUT2D eigenvalue weighted by molar-refractivity contribution is 9.10. The lowest BCUT2D eigenvalue weighted by atomic mass is 9.93. The molecule has 104 valence electrons. The minimum Gasteiger partial charge on any atom is -0.330 e. The largest absolute Gasteiger partial charge is 0.330 e. The second-order valence-electron chi connectivity index (χ2n) is 5.60. The Hall–Kier alpha value is -1.19. The lowest BCUT2D eigenvalue weighted by Gasteiger charge is -2.14. The molecule has 0 heterocycles. The van der Waals surface area contributed by atoms with E-state index in [1.54, 1.807) is 6.07 Å². The smallest absolute Gasteiger partial charge is 0.126 e. The molecule has 0 amide bonds. The minimum atomic E-state index is -0.154. The van der Waals surface area contributed by atoms with Crippen LogP contribution in [0.25, 0.3) is 0 Å². The van der Waals surface area contributed by atoms with Gasteiger partial charge < -0.3 is 5.73 Å². The summed E-state index contributed by atoms with van der Waals surface area (Å²) in [4.78, 5) is 0. The van der Waals surface area contributed by atoms with Crippen molar-refractivity contribution in [1.82, 2.24) is 0 Å². The molecule has 1 aliphatic carbocycles. The van der Waals surface area contributed by atoms with Crippen molar-refractivity contribution in [3.05, 3.63) is 69.4 Å². The zero-order valence-corrected chi connectivity index (χ0v) is 12.8. The van der Waals surface area contributed by atoms with Crippen molar-refractivity contribution in [2.24, 2.45) is 5.73 Å². The number of hydrogen-bond donors (Lipinski definition) is 1. The van der Waals surface area contributed by atoms with Crippen LogP contribution in [0.15, 0.2) is 46.9 Å². The Kier molecular flexibility index (Phi) is 3.65. The standard InChI is InChI=1S/C17H17BrFN/c18-15-4-5-16(19)13(10-15)8-12-2-1-3-14(9-12)17(11-20)6-7-17/h1-5,9-10H,6-8,11,20H2. The van der Waals surface area contributed by atoms with Gasteiger partial charge in [0, 0.05) is 22.9 Å². The molecule has 1 saturated carbocycles. The first-order chi connectivity index (χ1) is 9.63. The van der Waals surface area contributed by atoms with Crippen LogP contribution in [0.5, 0.6) is 0 Å². The second kappa shape index (κ2) is 5.30. The van der Waals surface area contributed by atoms with E-state index in [2.05, 4.69) is 40.2 Å². The molecule has 3 heteroatoms. The van der Waals surface area contributed by atoms with Crippen LogP contribution in [0, 0.1) is 5.82 Å². The van der Waals surface area contributed by atoms with Gasteiger partial charge in [-0.15, -0.1) is 0 Å². The fourth-order valence-corrected chi connectivity index (χ4v) is 3.08. The van der Waals surface area contributed by atoms with Gasteiger partial charge in [-0.1, -0.05) is 40.2 Å². The Balaban J connectivity index is 1.88. The van der Waals surface area contributed by atoms with Gasteiger partial charge in [0.05, 0.1) is 0 Å². The maximum atomic E-state index is 13.8. The number of benzene rings is 2. The van der Waals surface area contributed by atoms with Crippen molar-refractivity contribution in [2.75, 3.05) is 6.54 Å². The lowest BCUT2D eigenvalue weighted by Crippen LogP contribution is -2.19. The molecule has 2 aromatic rings. The van der Waals surface area contributed by atoms with Gasteiger partial charge in [0.25, 0.3) is 0 Å². The maximum absolute atomic E-state index is 13.8. The van der Waals surface area contributed by atoms with Gasteiger partial charge in [0.2, 0.25) is 0 Å². The summed E-state index contributed by atoms with van der Waals surface area (Å²) in [6.45, 7) is 0.696. The predicted molar refractivity (Wildman–Crippen MR) is 83.3 cm³/mol. The van der Waals surface area contributed by atoms with Crippen LogP contribution in [0.2, 0.25) is 0 Å². The summed E-state index contributed by atoms with van der Waals surface area (Å²) >= 11 is 3.39. The van der Waals surface area contributed by atoms with Crippen molar-refractivity contribution in [3.63, 3.8) is 0 Å². The number of rotatable bonds is 4. The van der Waals surface area contributed by atoms with E-state index in [-0.39, 0.29) is 11.2 Å².